The normalized spacial score (nSPS) is 10.8. The van der Waals surface area contributed by atoms with Crippen LogP contribution in [0.3, 0.4) is 0 Å². The molecule has 6 nitrogen and oxygen atoms in total. The number of aromatic carboxylic acids is 1. The Balaban J connectivity index is 2.80. The van der Waals surface area contributed by atoms with Crippen LogP contribution >= 0.6 is 0 Å². The van der Waals surface area contributed by atoms with Crippen molar-refractivity contribution in [3.8, 4) is 0 Å². The lowest BCUT2D eigenvalue weighted by atomic mass is 10.0. The Morgan fingerprint density at radius 1 is 1.44 bits per heavy atom. The van der Waals surface area contributed by atoms with E-state index in [1.54, 1.807) is 6.07 Å². The topological polar surface area (TPSA) is 96.2 Å². The van der Waals surface area contributed by atoms with Crippen LogP contribution in [-0.2, 0) is 6.54 Å². The minimum absolute atomic E-state index is 0.101. The average Bonchev–Trinajstić information content (AvgIpc) is 2.55. The van der Waals surface area contributed by atoms with Crippen LogP contribution in [0.15, 0.2) is 12.1 Å². The lowest BCUT2D eigenvalue weighted by Gasteiger charge is -2.01. The first-order valence-corrected chi connectivity index (χ1v) is 5.37. The summed E-state index contributed by atoms with van der Waals surface area (Å²) in [4.78, 5) is 24.0. The number of hydrogen-bond donors (Lipinski definition) is 2. The van der Waals surface area contributed by atoms with E-state index >= 15 is 0 Å². The van der Waals surface area contributed by atoms with Crippen molar-refractivity contribution in [2.45, 2.75) is 20.4 Å². The lowest BCUT2D eigenvalue weighted by Crippen LogP contribution is -2.06. The predicted molar refractivity (Wildman–Crippen MR) is 65.4 cm³/mol. The number of nitro groups is 1. The van der Waals surface area contributed by atoms with Crippen molar-refractivity contribution in [2.24, 2.45) is 0 Å². The Labute approximate surface area is 102 Å². The van der Waals surface area contributed by atoms with Crippen LogP contribution in [-0.4, -0.2) is 21.0 Å². The molecule has 2 aromatic rings. The number of carboxylic acid groups (broad SMARTS) is 1. The molecule has 0 saturated heterocycles. The number of rotatable bonds is 3. The molecule has 94 valence electrons. The number of aryl methyl sites for hydroxylation is 2. The van der Waals surface area contributed by atoms with Crippen LogP contribution in [0.4, 0.5) is 0 Å². The van der Waals surface area contributed by atoms with Gasteiger partial charge in [-0.2, -0.15) is 0 Å². The summed E-state index contributed by atoms with van der Waals surface area (Å²) in [7, 11) is 0. The van der Waals surface area contributed by atoms with E-state index in [0.29, 0.717) is 10.9 Å². The Kier molecular flexibility index (Phi) is 2.78. The van der Waals surface area contributed by atoms with E-state index < -0.39 is 17.4 Å². The summed E-state index contributed by atoms with van der Waals surface area (Å²) in [5.74, 6) is -1.18. The first-order chi connectivity index (χ1) is 8.40. The fourth-order valence-corrected chi connectivity index (χ4v) is 2.27. The molecule has 2 N–H and O–H groups in total. The highest BCUT2D eigenvalue weighted by molar-refractivity contribution is 5.98. The largest absolute Gasteiger partial charge is 0.477 e. The molecule has 0 fully saturated rings. The summed E-state index contributed by atoms with van der Waals surface area (Å²) in [6, 6.07) is 3.67. The van der Waals surface area contributed by atoms with Crippen LogP contribution in [0.1, 0.15) is 27.2 Å². The molecule has 0 aliphatic rings. The number of benzene rings is 1. The fourth-order valence-electron chi connectivity index (χ4n) is 2.27. The van der Waals surface area contributed by atoms with E-state index in [1.165, 1.54) is 0 Å². The third-order valence-corrected chi connectivity index (χ3v) is 2.84. The van der Waals surface area contributed by atoms with Crippen molar-refractivity contribution >= 4 is 16.9 Å². The van der Waals surface area contributed by atoms with Crippen LogP contribution in [0.2, 0.25) is 0 Å². The first-order valence-electron chi connectivity index (χ1n) is 5.37. The number of nitrogens with zero attached hydrogens (tertiary/aromatic N) is 1. The highest BCUT2D eigenvalue weighted by atomic mass is 16.6. The van der Waals surface area contributed by atoms with Gasteiger partial charge in [0, 0.05) is 15.8 Å². The molecule has 2 rings (SSSR count). The van der Waals surface area contributed by atoms with Crippen LogP contribution in [0.5, 0.6) is 0 Å². The van der Waals surface area contributed by atoms with Gasteiger partial charge in [-0.05, 0) is 31.0 Å². The molecule has 0 amide bonds. The second kappa shape index (κ2) is 4.14. The molecule has 18 heavy (non-hydrogen) atoms. The van der Waals surface area contributed by atoms with Crippen molar-refractivity contribution in [3.63, 3.8) is 0 Å². The molecule has 0 atom stereocenters. The third-order valence-electron chi connectivity index (χ3n) is 2.84. The van der Waals surface area contributed by atoms with Crippen molar-refractivity contribution in [2.75, 3.05) is 0 Å². The maximum Gasteiger partial charge on any atom is 0.352 e. The van der Waals surface area contributed by atoms with Crippen molar-refractivity contribution < 1.29 is 14.8 Å². The Bertz CT molecular complexity index is 658. The highest BCUT2D eigenvalue weighted by Crippen LogP contribution is 2.27. The standard InChI is InChI=1S/C12H12N2O4/c1-6-3-7(2)10-8(5-14(17)18)11(12(15)16)13-9(10)4-6/h3-4,13H,5H2,1-2H3,(H,15,16). The van der Waals surface area contributed by atoms with Gasteiger partial charge in [0.05, 0.1) is 5.56 Å². The van der Waals surface area contributed by atoms with Crippen molar-refractivity contribution in [3.05, 3.63) is 44.6 Å². The summed E-state index contributed by atoms with van der Waals surface area (Å²) in [6.07, 6.45) is 0. The Morgan fingerprint density at radius 3 is 2.67 bits per heavy atom. The fraction of sp³-hybridized carbons (Fsp3) is 0.250. The van der Waals surface area contributed by atoms with Gasteiger partial charge < -0.3 is 10.1 Å². The molecule has 6 heteroatoms. The maximum absolute atomic E-state index is 11.1. The minimum Gasteiger partial charge on any atom is -0.477 e. The van der Waals surface area contributed by atoms with E-state index in [2.05, 4.69) is 4.98 Å². The summed E-state index contributed by atoms with van der Waals surface area (Å²) in [6.45, 7) is 3.21. The maximum atomic E-state index is 11.1. The SMILES string of the molecule is Cc1cc(C)c2c(C[N+](=O)[O-])c(C(=O)O)[nH]c2c1. The van der Waals surface area contributed by atoms with Gasteiger partial charge in [0.2, 0.25) is 6.54 Å². The van der Waals surface area contributed by atoms with Gasteiger partial charge >= 0.3 is 5.97 Å². The minimum atomic E-state index is -1.18. The van der Waals surface area contributed by atoms with Gasteiger partial charge in [-0.25, -0.2) is 4.79 Å². The molecule has 0 spiro atoms. The zero-order valence-corrected chi connectivity index (χ0v) is 9.98. The van der Waals surface area contributed by atoms with E-state index in [4.69, 9.17) is 5.11 Å². The van der Waals surface area contributed by atoms with Gasteiger partial charge in [-0.1, -0.05) is 6.07 Å². The molecule has 1 aromatic heterocycles. The van der Waals surface area contributed by atoms with Gasteiger partial charge in [0.25, 0.3) is 0 Å². The summed E-state index contributed by atoms with van der Waals surface area (Å²) < 4.78 is 0. The van der Waals surface area contributed by atoms with E-state index in [-0.39, 0.29) is 11.3 Å². The van der Waals surface area contributed by atoms with Crippen LogP contribution in [0.25, 0.3) is 10.9 Å². The molecule has 1 heterocycles. The molecular weight excluding hydrogens is 236 g/mol. The molecule has 0 unspecified atom stereocenters. The molecule has 0 aliphatic carbocycles. The molecule has 0 aliphatic heterocycles. The monoisotopic (exact) mass is 248 g/mol. The second-order valence-electron chi connectivity index (χ2n) is 4.28. The smallest absolute Gasteiger partial charge is 0.352 e. The second-order valence-corrected chi connectivity index (χ2v) is 4.28. The highest BCUT2D eigenvalue weighted by Gasteiger charge is 2.22. The molecule has 0 saturated carbocycles. The number of hydrogen-bond acceptors (Lipinski definition) is 3. The molecular formula is C12H12N2O4. The average molecular weight is 248 g/mol. The van der Waals surface area contributed by atoms with E-state index in [0.717, 1.165) is 11.1 Å². The lowest BCUT2D eigenvalue weighted by molar-refractivity contribution is -0.496. The Morgan fingerprint density at radius 2 is 2.11 bits per heavy atom. The van der Waals surface area contributed by atoms with Gasteiger partial charge in [-0.15, -0.1) is 0 Å². The summed E-state index contributed by atoms with van der Waals surface area (Å²) in [5.41, 5.74) is 2.58. The van der Waals surface area contributed by atoms with Gasteiger partial charge in [-0.3, -0.25) is 10.1 Å². The van der Waals surface area contributed by atoms with Crippen molar-refractivity contribution in [1.29, 1.82) is 0 Å². The van der Waals surface area contributed by atoms with E-state index in [9.17, 15) is 14.9 Å². The van der Waals surface area contributed by atoms with Crippen molar-refractivity contribution in [1.82, 2.24) is 4.98 Å². The zero-order chi connectivity index (χ0) is 13.4. The quantitative estimate of drug-likeness (QED) is 0.643. The summed E-state index contributed by atoms with van der Waals surface area (Å²) >= 11 is 0. The number of carbonyl (C=O) groups is 1. The zero-order valence-electron chi connectivity index (χ0n) is 9.98. The first kappa shape index (κ1) is 12.1. The number of fused-ring (bicyclic) bond motifs is 1. The molecule has 0 radical (unpaired) electrons. The number of carboxylic acids is 1. The van der Waals surface area contributed by atoms with Gasteiger partial charge in [0.15, 0.2) is 0 Å². The van der Waals surface area contributed by atoms with E-state index in [1.807, 2.05) is 19.9 Å². The number of aromatic amines is 1. The molecule has 1 aromatic carbocycles. The predicted octanol–water partition coefficient (Wildman–Crippen LogP) is 2.26. The molecule has 0 bridgehead atoms. The van der Waals surface area contributed by atoms with Crippen LogP contribution < -0.4 is 0 Å². The number of nitrogens with one attached hydrogen (secondary N) is 1. The van der Waals surface area contributed by atoms with Crippen LogP contribution in [0, 0.1) is 24.0 Å². The Hall–Kier alpha value is -2.37. The van der Waals surface area contributed by atoms with Gasteiger partial charge in [0.1, 0.15) is 5.69 Å². The number of H-pyrrole nitrogens is 1. The summed E-state index contributed by atoms with van der Waals surface area (Å²) in [5, 5.41) is 20.4. The number of aromatic nitrogens is 1. The third kappa shape index (κ3) is 1.92.